The Morgan fingerprint density at radius 3 is 1.67 bits per heavy atom. The first-order valence-corrected chi connectivity index (χ1v) is 12.6. The molecule has 0 aromatic rings. The van der Waals surface area contributed by atoms with Gasteiger partial charge >= 0.3 is 18.2 Å². The summed E-state index contributed by atoms with van der Waals surface area (Å²) < 4.78 is 15.2. The van der Waals surface area contributed by atoms with E-state index < -0.39 is 12.1 Å². The van der Waals surface area contributed by atoms with Crippen LogP contribution in [0.2, 0.25) is 0 Å². The van der Waals surface area contributed by atoms with Gasteiger partial charge in [0.1, 0.15) is 13.2 Å². The fourth-order valence-corrected chi connectivity index (χ4v) is 4.67. The summed E-state index contributed by atoms with van der Waals surface area (Å²) >= 11 is 0. The first kappa shape index (κ1) is 27.0. The zero-order valence-corrected chi connectivity index (χ0v) is 20.4. The molecule has 0 heterocycles. The summed E-state index contributed by atoms with van der Waals surface area (Å²) in [5.41, 5.74) is 0.323. The van der Waals surface area contributed by atoms with Crippen molar-refractivity contribution >= 4 is 18.2 Å². The van der Waals surface area contributed by atoms with E-state index in [0.717, 1.165) is 70.1 Å². The molecule has 0 bridgehead atoms. The van der Waals surface area contributed by atoms with E-state index in [1.807, 2.05) is 0 Å². The van der Waals surface area contributed by atoms with Gasteiger partial charge in [-0.3, -0.25) is 0 Å². The molecule has 2 N–H and O–H groups in total. The number of alkyl carbamates (subject to hydrolysis) is 2. The Morgan fingerprint density at radius 2 is 1.21 bits per heavy atom. The van der Waals surface area contributed by atoms with Crippen molar-refractivity contribution in [3.8, 4) is 0 Å². The quantitative estimate of drug-likeness (QED) is 0.195. The van der Waals surface area contributed by atoms with Crippen LogP contribution >= 0.6 is 0 Å². The van der Waals surface area contributed by atoms with Crippen molar-refractivity contribution in [1.82, 2.24) is 10.6 Å². The molecule has 2 aliphatic carbocycles. The molecule has 0 saturated heterocycles. The minimum absolute atomic E-state index is 0.0314. The van der Waals surface area contributed by atoms with Crippen LogP contribution in [0.5, 0.6) is 0 Å². The minimum Gasteiger partial charge on any atom is -0.459 e. The highest BCUT2D eigenvalue weighted by Crippen LogP contribution is 2.35. The van der Waals surface area contributed by atoms with Gasteiger partial charge in [0.25, 0.3) is 0 Å². The number of rotatable bonds is 11. The second-order valence-corrected chi connectivity index (χ2v) is 9.50. The smallest absolute Gasteiger partial charge is 0.407 e. The summed E-state index contributed by atoms with van der Waals surface area (Å²) in [7, 11) is 0. The molecule has 33 heavy (non-hydrogen) atoms. The third kappa shape index (κ3) is 10.9. The lowest BCUT2D eigenvalue weighted by Crippen LogP contribution is -2.39. The van der Waals surface area contributed by atoms with Crippen LogP contribution in [0.4, 0.5) is 9.59 Å². The molecule has 2 fully saturated rings. The van der Waals surface area contributed by atoms with E-state index in [2.05, 4.69) is 24.1 Å². The highest BCUT2D eigenvalue weighted by Gasteiger charge is 2.28. The molecule has 0 spiro atoms. The Labute approximate surface area is 198 Å². The Bertz CT molecular complexity index is 637. The van der Waals surface area contributed by atoms with Crippen LogP contribution < -0.4 is 10.6 Å². The Morgan fingerprint density at radius 1 is 0.758 bits per heavy atom. The van der Waals surface area contributed by atoms with Gasteiger partial charge in [-0.2, -0.15) is 0 Å². The standard InChI is InChI=1S/C25H42N2O6/c1-4-5-14-32-24(29)26-21-10-6-19(7-11-21)17-20-8-12-22(13-9-20)27-25(30)33-16-15-31-23(28)18(2)3/h19-22H,2,4-17H2,1,3H3,(H,26,29)(H,27,30). The van der Waals surface area contributed by atoms with E-state index in [0.29, 0.717) is 18.1 Å². The third-order valence-corrected chi connectivity index (χ3v) is 6.63. The molecule has 0 aromatic heterocycles. The number of esters is 1. The number of nitrogens with one attached hydrogen (secondary N) is 2. The summed E-state index contributed by atoms with van der Waals surface area (Å²) in [6, 6.07) is 0.385. The Balaban J connectivity index is 1.53. The van der Waals surface area contributed by atoms with Crippen LogP contribution in [0.15, 0.2) is 12.2 Å². The molecular formula is C25H42N2O6. The summed E-state index contributed by atoms with van der Waals surface area (Å²) in [4.78, 5) is 35.0. The van der Waals surface area contributed by atoms with Crippen LogP contribution in [0.3, 0.4) is 0 Å². The molecule has 188 valence electrons. The second kappa shape index (κ2) is 14.8. The van der Waals surface area contributed by atoms with Gasteiger partial charge in [0.2, 0.25) is 0 Å². The molecule has 0 unspecified atom stereocenters. The molecule has 0 aromatic carbocycles. The molecule has 2 amide bonds. The van der Waals surface area contributed by atoms with Crippen molar-refractivity contribution in [3.05, 3.63) is 12.2 Å². The van der Waals surface area contributed by atoms with Crippen molar-refractivity contribution in [1.29, 1.82) is 0 Å². The van der Waals surface area contributed by atoms with E-state index in [1.165, 1.54) is 6.42 Å². The molecule has 0 atom stereocenters. The number of carbonyl (C=O) groups excluding carboxylic acids is 3. The van der Waals surface area contributed by atoms with Crippen molar-refractivity contribution < 1.29 is 28.6 Å². The van der Waals surface area contributed by atoms with Crippen LogP contribution in [0.25, 0.3) is 0 Å². The highest BCUT2D eigenvalue weighted by molar-refractivity contribution is 5.86. The van der Waals surface area contributed by atoms with E-state index in [9.17, 15) is 14.4 Å². The van der Waals surface area contributed by atoms with Crippen molar-refractivity contribution in [2.24, 2.45) is 11.8 Å². The summed E-state index contributed by atoms with van der Waals surface area (Å²) in [5.74, 6) is 0.946. The molecule has 0 aliphatic heterocycles. The summed E-state index contributed by atoms with van der Waals surface area (Å²) in [6.45, 7) is 7.71. The fourth-order valence-electron chi connectivity index (χ4n) is 4.67. The molecule has 8 nitrogen and oxygen atoms in total. The van der Waals surface area contributed by atoms with Crippen LogP contribution in [0, 0.1) is 11.8 Å². The molecular weight excluding hydrogens is 424 g/mol. The zero-order valence-electron chi connectivity index (χ0n) is 20.4. The molecule has 2 rings (SSSR count). The number of hydrogen-bond acceptors (Lipinski definition) is 6. The summed E-state index contributed by atoms with van der Waals surface area (Å²) in [6.07, 6.45) is 11.0. The largest absolute Gasteiger partial charge is 0.459 e. The van der Waals surface area contributed by atoms with E-state index in [-0.39, 0.29) is 31.4 Å². The Kier molecular flexibility index (Phi) is 12.1. The average molecular weight is 467 g/mol. The highest BCUT2D eigenvalue weighted by atomic mass is 16.6. The maximum absolute atomic E-state index is 11.9. The van der Waals surface area contributed by atoms with Crippen molar-refractivity contribution in [3.63, 3.8) is 0 Å². The molecule has 2 saturated carbocycles. The Hall–Kier alpha value is -2.25. The SMILES string of the molecule is C=C(C)C(=O)OCCOC(=O)NC1CCC(CC2CCC(NC(=O)OCCCC)CC2)CC1. The number of unbranched alkanes of at least 4 members (excludes halogenated alkanes) is 1. The topological polar surface area (TPSA) is 103 Å². The first-order valence-electron chi connectivity index (χ1n) is 12.6. The van der Waals surface area contributed by atoms with Gasteiger partial charge in [-0.15, -0.1) is 0 Å². The first-order chi connectivity index (χ1) is 15.9. The van der Waals surface area contributed by atoms with Crippen LogP contribution in [-0.2, 0) is 19.0 Å². The molecule has 8 heteroatoms. The second-order valence-electron chi connectivity index (χ2n) is 9.50. The lowest BCUT2D eigenvalue weighted by Gasteiger charge is -2.34. The number of ether oxygens (including phenoxy) is 3. The minimum atomic E-state index is -0.480. The maximum Gasteiger partial charge on any atom is 0.407 e. The van der Waals surface area contributed by atoms with Gasteiger partial charge in [0, 0.05) is 17.7 Å². The lowest BCUT2D eigenvalue weighted by atomic mass is 9.76. The van der Waals surface area contributed by atoms with Crippen LogP contribution in [-0.4, -0.2) is 50.1 Å². The van der Waals surface area contributed by atoms with Gasteiger partial charge < -0.3 is 24.8 Å². The van der Waals surface area contributed by atoms with Gasteiger partial charge in [0.15, 0.2) is 0 Å². The number of amides is 2. The number of carbonyl (C=O) groups is 3. The van der Waals surface area contributed by atoms with Gasteiger partial charge in [-0.1, -0.05) is 19.9 Å². The van der Waals surface area contributed by atoms with E-state index in [1.54, 1.807) is 6.92 Å². The predicted molar refractivity (Wildman–Crippen MR) is 126 cm³/mol. The van der Waals surface area contributed by atoms with E-state index in [4.69, 9.17) is 14.2 Å². The number of hydrogen-bond donors (Lipinski definition) is 2. The average Bonchev–Trinajstić information content (AvgIpc) is 2.79. The van der Waals surface area contributed by atoms with Gasteiger partial charge in [-0.05, 0) is 83.0 Å². The normalized spacial score (nSPS) is 24.9. The van der Waals surface area contributed by atoms with Crippen molar-refractivity contribution in [2.75, 3.05) is 19.8 Å². The third-order valence-electron chi connectivity index (χ3n) is 6.63. The van der Waals surface area contributed by atoms with Gasteiger partial charge in [0.05, 0.1) is 6.61 Å². The predicted octanol–water partition coefficient (Wildman–Crippen LogP) is 4.87. The maximum atomic E-state index is 11.9. The van der Waals surface area contributed by atoms with Crippen molar-refractivity contribution in [2.45, 2.75) is 96.6 Å². The lowest BCUT2D eigenvalue weighted by molar-refractivity contribution is -0.139. The van der Waals surface area contributed by atoms with E-state index >= 15 is 0 Å². The molecule has 0 radical (unpaired) electrons. The molecule has 2 aliphatic rings. The monoisotopic (exact) mass is 466 g/mol. The fraction of sp³-hybridized carbons (Fsp3) is 0.800. The van der Waals surface area contributed by atoms with Crippen LogP contribution in [0.1, 0.15) is 84.5 Å². The summed E-state index contributed by atoms with van der Waals surface area (Å²) in [5, 5.41) is 5.94. The zero-order chi connectivity index (χ0) is 24.1. The van der Waals surface area contributed by atoms with Gasteiger partial charge in [-0.25, -0.2) is 14.4 Å².